The molecule has 3 aromatic rings. The van der Waals surface area contributed by atoms with Gasteiger partial charge in [0.25, 0.3) is 5.91 Å². The summed E-state index contributed by atoms with van der Waals surface area (Å²) in [6, 6.07) is 13.2. The zero-order chi connectivity index (χ0) is 16.2. The average molecular weight is 326 g/mol. The van der Waals surface area contributed by atoms with Gasteiger partial charge < -0.3 is 5.32 Å². The molecule has 0 aliphatic carbocycles. The Kier molecular flexibility index (Phi) is 4.48. The number of amides is 1. The summed E-state index contributed by atoms with van der Waals surface area (Å²) in [5.74, 6) is -0.791. The molecular formula is C18H15FN2OS. The molecule has 1 N–H and O–H groups in total. The Morgan fingerprint density at radius 2 is 1.91 bits per heavy atom. The molecule has 0 saturated carbocycles. The fourth-order valence-corrected chi connectivity index (χ4v) is 2.91. The average Bonchev–Trinajstić information content (AvgIpc) is 3.06. The zero-order valence-electron chi connectivity index (χ0n) is 12.5. The molecule has 2 aromatic carbocycles. The van der Waals surface area contributed by atoms with Crippen LogP contribution >= 0.6 is 11.3 Å². The SMILES string of the molecule is CCc1nc(-c2ccc(C(=O)Nc3ccccc3F)cc2)cs1. The van der Waals surface area contributed by atoms with Gasteiger partial charge in [-0.3, -0.25) is 4.79 Å². The maximum Gasteiger partial charge on any atom is 0.255 e. The van der Waals surface area contributed by atoms with Crippen LogP contribution in [0.2, 0.25) is 0 Å². The van der Waals surface area contributed by atoms with Crippen LogP contribution in [-0.4, -0.2) is 10.9 Å². The number of anilines is 1. The summed E-state index contributed by atoms with van der Waals surface area (Å²) in [7, 11) is 0. The molecule has 3 rings (SSSR count). The topological polar surface area (TPSA) is 42.0 Å². The lowest BCUT2D eigenvalue weighted by Gasteiger charge is -2.06. The second-order valence-electron chi connectivity index (χ2n) is 4.99. The first kappa shape index (κ1) is 15.4. The van der Waals surface area contributed by atoms with E-state index >= 15 is 0 Å². The summed E-state index contributed by atoms with van der Waals surface area (Å²) in [4.78, 5) is 16.7. The Hall–Kier alpha value is -2.53. The number of hydrogen-bond donors (Lipinski definition) is 1. The van der Waals surface area contributed by atoms with Crippen molar-refractivity contribution in [3.63, 3.8) is 0 Å². The number of aryl methyl sites for hydroxylation is 1. The first-order valence-electron chi connectivity index (χ1n) is 7.28. The smallest absolute Gasteiger partial charge is 0.255 e. The molecule has 0 spiro atoms. The lowest BCUT2D eigenvalue weighted by Crippen LogP contribution is -2.12. The molecule has 0 fully saturated rings. The molecule has 0 aliphatic heterocycles. The van der Waals surface area contributed by atoms with E-state index in [4.69, 9.17) is 0 Å². The van der Waals surface area contributed by atoms with Gasteiger partial charge in [0.2, 0.25) is 0 Å². The number of thiazole rings is 1. The van der Waals surface area contributed by atoms with Crippen LogP contribution in [0, 0.1) is 5.82 Å². The van der Waals surface area contributed by atoms with E-state index < -0.39 is 5.82 Å². The van der Waals surface area contributed by atoms with E-state index in [1.165, 1.54) is 12.1 Å². The number of nitrogens with zero attached hydrogens (tertiary/aromatic N) is 1. The van der Waals surface area contributed by atoms with E-state index in [0.29, 0.717) is 5.56 Å². The van der Waals surface area contributed by atoms with Gasteiger partial charge in [0.15, 0.2) is 0 Å². The van der Waals surface area contributed by atoms with Gasteiger partial charge >= 0.3 is 0 Å². The number of carbonyl (C=O) groups excluding carboxylic acids is 1. The molecule has 3 nitrogen and oxygen atoms in total. The number of benzene rings is 2. The monoisotopic (exact) mass is 326 g/mol. The molecule has 1 heterocycles. The maximum atomic E-state index is 13.6. The maximum absolute atomic E-state index is 13.6. The van der Waals surface area contributed by atoms with Crippen molar-refractivity contribution >= 4 is 22.9 Å². The van der Waals surface area contributed by atoms with Gasteiger partial charge in [-0.1, -0.05) is 31.2 Å². The van der Waals surface area contributed by atoms with Gasteiger partial charge in [-0.15, -0.1) is 11.3 Å². The molecule has 1 amide bonds. The third kappa shape index (κ3) is 3.46. The van der Waals surface area contributed by atoms with E-state index in [2.05, 4.69) is 17.2 Å². The van der Waals surface area contributed by atoms with Crippen molar-refractivity contribution in [3.8, 4) is 11.3 Å². The Morgan fingerprint density at radius 3 is 2.57 bits per heavy atom. The molecule has 0 bridgehead atoms. The highest BCUT2D eigenvalue weighted by Crippen LogP contribution is 2.23. The third-order valence-corrected chi connectivity index (χ3v) is 4.41. The van der Waals surface area contributed by atoms with Crippen LogP contribution in [0.25, 0.3) is 11.3 Å². The third-order valence-electron chi connectivity index (χ3n) is 3.42. The van der Waals surface area contributed by atoms with Crippen molar-refractivity contribution in [3.05, 3.63) is 70.3 Å². The zero-order valence-corrected chi connectivity index (χ0v) is 13.4. The largest absolute Gasteiger partial charge is 0.319 e. The van der Waals surface area contributed by atoms with Gasteiger partial charge in [-0.05, 0) is 30.7 Å². The van der Waals surface area contributed by atoms with E-state index in [-0.39, 0.29) is 11.6 Å². The highest BCUT2D eigenvalue weighted by atomic mass is 32.1. The van der Waals surface area contributed by atoms with E-state index in [9.17, 15) is 9.18 Å². The Balaban J connectivity index is 1.76. The first-order chi connectivity index (χ1) is 11.2. The summed E-state index contributed by atoms with van der Waals surface area (Å²) in [5, 5.41) is 5.66. The number of nitrogens with one attached hydrogen (secondary N) is 1. The molecule has 0 unspecified atom stereocenters. The van der Waals surface area contributed by atoms with Crippen molar-refractivity contribution in [1.29, 1.82) is 0 Å². The molecular weight excluding hydrogens is 311 g/mol. The predicted molar refractivity (Wildman–Crippen MR) is 91.3 cm³/mol. The molecule has 0 aliphatic rings. The molecule has 0 saturated heterocycles. The van der Waals surface area contributed by atoms with E-state index in [1.54, 1.807) is 35.6 Å². The molecule has 5 heteroatoms. The van der Waals surface area contributed by atoms with Crippen LogP contribution in [0.3, 0.4) is 0 Å². The Morgan fingerprint density at radius 1 is 1.17 bits per heavy atom. The standard InChI is InChI=1S/C18H15FN2OS/c1-2-17-20-16(11-23-17)12-7-9-13(10-8-12)18(22)21-15-6-4-3-5-14(15)19/h3-11H,2H2,1H3,(H,21,22). The summed E-state index contributed by atoms with van der Waals surface area (Å²) in [6.45, 7) is 2.07. The summed E-state index contributed by atoms with van der Waals surface area (Å²) in [6.07, 6.45) is 0.911. The second-order valence-corrected chi connectivity index (χ2v) is 5.93. The van der Waals surface area contributed by atoms with Crippen molar-refractivity contribution in [1.82, 2.24) is 4.98 Å². The van der Waals surface area contributed by atoms with Gasteiger partial charge in [0, 0.05) is 16.5 Å². The number of para-hydroxylation sites is 1. The normalized spacial score (nSPS) is 10.5. The van der Waals surface area contributed by atoms with Crippen molar-refractivity contribution < 1.29 is 9.18 Å². The van der Waals surface area contributed by atoms with Gasteiger partial charge in [-0.2, -0.15) is 0 Å². The van der Waals surface area contributed by atoms with Crippen LogP contribution in [0.4, 0.5) is 10.1 Å². The lowest BCUT2D eigenvalue weighted by atomic mass is 10.1. The minimum absolute atomic E-state index is 0.175. The van der Waals surface area contributed by atoms with E-state index in [0.717, 1.165) is 22.7 Å². The Labute approximate surface area is 137 Å². The van der Waals surface area contributed by atoms with Crippen LogP contribution in [-0.2, 0) is 6.42 Å². The highest BCUT2D eigenvalue weighted by molar-refractivity contribution is 7.09. The van der Waals surface area contributed by atoms with Crippen molar-refractivity contribution in [2.75, 3.05) is 5.32 Å². The first-order valence-corrected chi connectivity index (χ1v) is 8.16. The number of hydrogen-bond acceptors (Lipinski definition) is 3. The predicted octanol–water partition coefficient (Wildman–Crippen LogP) is 4.76. The quantitative estimate of drug-likeness (QED) is 0.751. The van der Waals surface area contributed by atoms with Crippen LogP contribution in [0.15, 0.2) is 53.9 Å². The fourth-order valence-electron chi connectivity index (χ4n) is 2.16. The Bertz CT molecular complexity index is 827. The van der Waals surface area contributed by atoms with Crippen LogP contribution in [0.1, 0.15) is 22.3 Å². The number of carbonyl (C=O) groups is 1. The van der Waals surface area contributed by atoms with Crippen molar-refractivity contribution in [2.24, 2.45) is 0 Å². The molecule has 1 aromatic heterocycles. The van der Waals surface area contributed by atoms with E-state index in [1.807, 2.05) is 17.5 Å². The second kappa shape index (κ2) is 6.71. The number of halogens is 1. The summed E-state index contributed by atoms with van der Waals surface area (Å²) < 4.78 is 13.6. The number of rotatable bonds is 4. The summed E-state index contributed by atoms with van der Waals surface area (Å²) >= 11 is 1.63. The lowest BCUT2D eigenvalue weighted by molar-refractivity contribution is 0.102. The molecule has 116 valence electrons. The minimum atomic E-state index is -0.452. The number of aromatic nitrogens is 1. The van der Waals surface area contributed by atoms with Gasteiger partial charge in [-0.25, -0.2) is 9.37 Å². The highest BCUT2D eigenvalue weighted by Gasteiger charge is 2.10. The van der Waals surface area contributed by atoms with Crippen LogP contribution < -0.4 is 5.32 Å². The fraction of sp³-hybridized carbons (Fsp3) is 0.111. The molecule has 23 heavy (non-hydrogen) atoms. The van der Waals surface area contributed by atoms with Crippen LogP contribution in [0.5, 0.6) is 0 Å². The van der Waals surface area contributed by atoms with Gasteiger partial charge in [0.1, 0.15) is 5.82 Å². The molecule has 0 radical (unpaired) electrons. The molecule has 0 atom stereocenters. The minimum Gasteiger partial charge on any atom is -0.319 e. The summed E-state index contributed by atoms with van der Waals surface area (Å²) in [5.41, 5.74) is 2.52. The van der Waals surface area contributed by atoms with Crippen molar-refractivity contribution in [2.45, 2.75) is 13.3 Å². The van der Waals surface area contributed by atoms with Gasteiger partial charge in [0.05, 0.1) is 16.4 Å².